The van der Waals surface area contributed by atoms with Crippen molar-refractivity contribution in [1.82, 2.24) is 0 Å². The van der Waals surface area contributed by atoms with Crippen LogP contribution in [0.15, 0.2) is 140 Å². The van der Waals surface area contributed by atoms with E-state index in [4.69, 9.17) is 0 Å². The maximum absolute atomic E-state index is 2.43. The van der Waals surface area contributed by atoms with Gasteiger partial charge < -0.3 is 4.90 Å². The summed E-state index contributed by atoms with van der Waals surface area (Å²) in [6, 6.07) is 50.7. The van der Waals surface area contributed by atoms with E-state index in [2.05, 4.69) is 144 Å². The molecule has 0 aliphatic carbocycles. The second-order valence-corrected chi connectivity index (χ2v) is 11.9. The molecule has 39 heavy (non-hydrogen) atoms. The molecular formula is C36H23NS2. The highest BCUT2D eigenvalue weighted by molar-refractivity contribution is 7.26. The Morgan fingerprint density at radius 1 is 0.385 bits per heavy atom. The third-order valence-corrected chi connectivity index (χ3v) is 9.84. The molecule has 2 aromatic heterocycles. The molecule has 6 aromatic carbocycles. The van der Waals surface area contributed by atoms with Gasteiger partial charge in [0.2, 0.25) is 0 Å². The van der Waals surface area contributed by atoms with Crippen molar-refractivity contribution in [3.63, 3.8) is 0 Å². The monoisotopic (exact) mass is 533 g/mol. The van der Waals surface area contributed by atoms with Crippen molar-refractivity contribution in [3.8, 4) is 11.1 Å². The largest absolute Gasteiger partial charge is 0.309 e. The SMILES string of the molecule is c1ccc(-c2ccc(N(c3ccc4sc5ccccc5c4c3)c3cccc4c3sc3ccccc34)cc2)cc1. The molecule has 8 rings (SSSR count). The molecule has 0 aliphatic rings. The lowest BCUT2D eigenvalue weighted by Gasteiger charge is -2.26. The van der Waals surface area contributed by atoms with E-state index in [0.29, 0.717) is 0 Å². The van der Waals surface area contributed by atoms with Crippen LogP contribution in [0.4, 0.5) is 17.1 Å². The van der Waals surface area contributed by atoms with E-state index in [1.165, 1.54) is 62.8 Å². The van der Waals surface area contributed by atoms with Gasteiger partial charge in [-0.2, -0.15) is 0 Å². The summed E-state index contributed by atoms with van der Waals surface area (Å²) >= 11 is 3.74. The Morgan fingerprint density at radius 2 is 0.974 bits per heavy atom. The van der Waals surface area contributed by atoms with Crippen LogP contribution in [0.25, 0.3) is 51.5 Å². The van der Waals surface area contributed by atoms with Crippen LogP contribution in [-0.4, -0.2) is 0 Å². The smallest absolute Gasteiger partial charge is 0.0640 e. The van der Waals surface area contributed by atoms with Crippen molar-refractivity contribution >= 4 is 80.1 Å². The van der Waals surface area contributed by atoms with Crippen molar-refractivity contribution in [2.75, 3.05) is 4.90 Å². The van der Waals surface area contributed by atoms with Gasteiger partial charge in [0.15, 0.2) is 0 Å². The Balaban J connectivity index is 1.37. The normalized spacial score (nSPS) is 11.6. The van der Waals surface area contributed by atoms with E-state index in [9.17, 15) is 0 Å². The fraction of sp³-hybridized carbons (Fsp3) is 0. The predicted molar refractivity (Wildman–Crippen MR) is 172 cm³/mol. The maximum Gasteiger partial charge on any atom is 0.0640 e. The van der Waals surface area contributed by atoms with Crippen molar-refractivity contribution in [1.29, 1.82) is 0 Å². The van der Waals surface area contributed by atoms with Gasteiger partial charge in [-0.3, -0.25) is 0 Å². The fourth-order valence-corrected chi connectivity index (χ4v) is 7.92. The van der Waals surface area contributed by atoms with Gasteiger partial charge >= 0.3 is 0 Å². The number of hydrogen-bond donors (Lipinski definition) is 0. The van der Waals surface area contributed by atoms with Crippen LogP contribution in [0.5, 0.6) is 0 Å². The predicted octanol–water partition coefficient (Wildman–Crippen LogP) is 11.6. The first kappa shape index (κ1) is 22.5. The summed E-state index contributed by atoms with van der Waals surface area (Å²) in [6.45, 7) is 0. The number of thiophene rings is 2. The molecule has 0 bridgehead atoms. The van der Waals surface area contributed by atoms with Crippen LogP contribution in [-0.2, 0) is 0 Å². The van der Waals surface area contributed by atoms with Crippen LogP contribution in [0.2, 0.25) is 0 Å². The Labute approximate surface area is 234 Å². The van der Waals surface area contributed by atoms with Crippen molar-refractivity contribution in [3.05, 3.63) is 140 Å². The minimum Gasteiger partial charge on any atom is -0.309 e. The Morgan fingerprint density at radius 3 is 1.77 bits per heavy atom. The summed E-state index contributed by atoms with van der Waals surface area (Å²) < 4.78 is 5.27. The van der Waals surface area contributed by atoms with Gasteiger partial charge in [0.1, 0.15) is 0 Å². The molecule has 3 heteroatoms. The van der Waals surface area contributed by atoms with E-state index in [1.807, 2.05) is 22.7 Å². The maximum atomic E-state index is 2.43. The third kappa shape index (κ3) is 3.74. The minimum atomic E-state index is 1.15. The van der Waals surface area contributed by atoms with Gasteiger partial charge in [-0.15, -0.1) is 22.7 Å². The van der Waals surface area contributed by atoms with Gasteiger partial charge in [0.05, 0.1) is 10.4 Å². The molecule has 0 amide bonds. The van der Waals surface area contributed by atoms with E-state index < -0.39 is 0 Å². The first-order valence-corrected chi connectivity index (χ1v) is 14.7. The number of hydrogen-bond acceptors (Lipinski definition) is 3. The molecule has 0 spiro atoms. The van der Waals surface area contributed by atoms with Crippen LogP contribution in [0, 0.1) is 0 Å². The Hall–Kier alpha value is -4.44. The number of nitrogens with zero attached hydrogens (tertiary/aromatic N) is 1. The summed E-state index contributed by atoms with van der Waals surface area (Å²) in [6.07, 6.45) is 0. The molecule has 184 valence electrons. The highest BCUT2D eigenvalue weighted by Gasteiger charge is 2.19. The molecular weight excluding hydrogens is 511 g/mol. The lowest BCUT2D eigenvalue weighted by Crippen LogP contribution is -2.10. The second-order valence-electron chi connectivity index (χ2n) is 9.78. The average Bonchev–Trinajstić information content (AvgIpc) is 3.57. The number of fused-ring (bicyclic) bond motifs is 6. The second kappa shape index (κ2) is 9.09. The molecule has 0 unspecified atom stereocenters. The quantitative estimate of drug-likeness (QED) is 0.217. The van der Waals surface area contributed by atoms with E-state index in [-0.39, 0.29) is 0 Å². The zero-order valence-corrected chi connectivity index (χ0v) is 22.7. The minimum absolute atomic E-state index is 1.15. The molecule has 0 saturated heterocycles. The van der Waals surface area contributed by atoms with Gasteiger partial charge in [-0.1, -0.05) is 91.0 Å². The van der Waals surface area contributed by atoms with Gasteiger partial charge in [-0.05, 0) is 59.7 Å². The average molecular weight is 534 g/mol. The Kier molecular flexibility index (Phi) is 5.25. The lowest BCUT2D eigenvalue weighted by molar-refractivity contribution is 1.31. The third-order valence-electron chi connectivity index (χ3n) is 7.48. The van der Waals surface area contributed by atoms with Gasteiger partial charge in [0, 0.05) is 47.0 Å². The topological polar surface area (TPSA) is 3.24 Å². The summed E-state index contributed by atoms with van der Waals surface area (Å²) in [4.78, 5) is 2.43. The van der Waals surface area contributed by atoms with Gasteiger partial charge in [0.25, 0.3) is 0 Å². The first-order chi connectivity index (χ1) is 19.3. The van der Waals surface area contributed by atoms with E-state index >= 15 is 0 Å². The zero-order chi connectivity index (χ0) is 25.8. The molecule has 0 aliphatic heterocycles. The van der Waals surface area contributed by atoms with Crippen molar-refractivity contribution in [2.24, 2.45) is 0 Å². The zero-order valence-electron chi connectivity index (χ0n) is 21.0. The van der Waals surface area contributed by atoms with Crippen LogP contribution in [0.3, 0.4) is 0 Å². The molecule has 8 aromatic rings. The van der Waals surface area contributed by atoms with Crippen LogP contribution < -0.4 is 4.90 Å². The van der Waals surface area contributed by atoms with Crippen molar-refractivity contribution in [2.45, 2.75) is 0 Å². The molecule has 0 atom stereocenters. The van der Waals surface area contributed by atoms with Crippen LogP contribution >= 0.6 is 22.7 Å². The van der Waals surface area contributed by atoms with Gasteiger partial charge in [-0.25, -0.2) is 0 Å². The molecule has 0 radical (unpaired) electrons. The molecule has 1 nitrogen and oxygen atoms in total. The summed E-state index contributed by atoms with van der Waals surface area (Å²) in [7, 11) is 0. The molecule has 2 heterocycles. The standard InChI is InChI=1S/C36H23NS2/c1-2-9-24(10-3-1)25-17-19-26(20-18-25)37(27-21-22-35-31(23-27)29-12-5-6-15-33(29)38-35)32-14-8-13-30-28-11-4-7-16-34(28)39-36(30)32/h1-23H. The molecule has 0 saturated carbocycles. The molecule has 0 N–H and O–H groups in total. The molecule has 0 fully saturated rings. The number of anilines is 3. The van der Waals surface area contributed by atoms with E-state index in [1.54, 1.807) is 0 Å². The van der Waals surface area contributed by atoms with Crippen molar-refractivity contribution < 1.29 is 0 Å². The summed E-state index contributed by atoms with van der Waals surface area (Å²) in [5.74, 6) is 0. The van der Waals surface area contributed by atoms with E-state index in [0.717, 1.165) is 5.69 Å². The highest BCUT2D eigenvalue weighted by atomic mass is 32.1. The summed E-state index contributed by atoms with van der Waals surface area (Å²) in [5, 5.41) is 5.25. The Bertz CT molecular complexity index is 2120. The van der Waals surface area contributed by atoms with Crippen LogP contribution in [0.1, 0.15) is 0 Å². The highest BCUT2D eigenvalue weighted by Crippen LogP contribution is 2.46. The fourth-order valence-electron chi connectivity index (χ4n) is 5.62. The lowest BCUT2D eigenvalue weighted by atomic mass is 10.0. The summed E-state index contributed by atoms with van der Waals surface area (Å²) in [5.41, 5.74) is 5.98. The number of benzene rings is 6. The number of rotatable bonds is 4. The first-order valence-electron chi connectivity index (χ1n) is 13.1.